The van der Waals surface area contributed by atoms with Crippen LogP contribution < -0.4 is 4.72 Å². The maximum absolute atomic E-state index is 13.0. The van der Waals surface area contributed by atoms with Gasteiger partial charge in [-0.2, -0.15) is 0 Å². The van der Waals surface area contributed by atoms with E-state index >= 15 is 0 Å². The Morgan fingerprint density at radius 2 is 1.92 bits per heavy atom. The van der Waals surface area contributed by atoms with Crippen molar-refractivity contribution in [3.8, 4) is 0 Å². The number of pyridine rings is 1. The SMILES string of the molecule is COOCC1(NS(=O)(=O)c2ccc3c(Cl)cnc(Cl)c3c2)CCCCC1. The highest BCUT2D eigenvalue weighted by molar-refractivity contribution is 7.89. The van der Waals surface area contributed by atoms with Crippen molar-refractivity contribution in [3.05, 3.63) is 34.6 Å². The summed E-state index contributed by atoms with van der Waals surface area (Å²) >= 11 is 12.2. The molecule has 26 heavy (non-hydrogen) atoms. The van der Waals surface area contributed by atoms with Crippen molar-refractivity contribution < 1.29 is 18.2 Å². The maximum atomic E-state index is 13.0. The molecule has 1 heterocycles. The average molecular weight is 419 g/mol. The van der Waals surface area contributed by atoms with Gasteiger partial charge >= 0.3 is 0 Å². The van der Waals surface area contributed by atoms with Gasteiger partial charge in [0, 0.05) is 17.0 Å². The van der Waals surface area contributed by atoms with E-state index in [2.05, 4.69) is 9.71 Å². The monoisotopic (exact) mass is 418 g/mol. The van der Waals surface area contributed by atoms with Crippen molar-refractivity contribution in [2.24, 2.45) is 0 Å². The number of halogens is 2. The maximum Gasteiger partial charge on any atom is 0.241 e. The first kappa shape index (κ1) is 19.8. The second kappa shape index (κ2) is 7.96. The quantitative estimate of drug-likeness (QED) is 0.433. The van der Waals surface area contributed by atoms with Crippen LogP contribution in [0.4, 0.5) is 0 Å². The van der Waals surface area contributed by atoms with Crippen LogP contribution in [0.15, 0.2) is 29.3 Å². The minimum Gasteiger partial charge on any atom is -0.242 e. The first-order valence-electron chi connectivity index (χ1n) is 8.30. The Morgan fingerprint density at radius 1 is 1.19 bits per heavy atom. The molecule has 6 nitrogen and oxygen atoms in total. The van der Waals surface area contributed by atoms with E-state index in [0.29, 0.717) is 28.6 Å². The van der Waals surface area contributed by atoms with E-state index in [1.807, 2.05) is 0 Å². The van der Waals surface area contributed by atoms with Crippen LogP contribution in [-0.2, 0) is 19.8 Å². The van der Waals surface area contributed by atoms with Crippen molar-refractivity contribution in [2.75, 3.05) is 13.7 Å². The number of hydrogen-bond donors (Lipinski definition) is 1. The first-order chi connectivity index (χ1) is 12.4. The van der Waals surface area contributed by atoms with Crippen LogP contribution in [-0.4, -0.2) is 32.7 Å². The number of nitrogens with zero attached hydrogens (tertiary/aromatic N) is 1. The first-order valence-corrected chi connectivity index (χ1v) is 10.5. The average Bonchev–Trinajstić information content (AvgIpc) is 2.63. The van der Waals surface area contributed by atoms with Crippen LogP contribution >= 0.6 is 23.2 Å². The predicted octanol–water partition coefficient (Wildman–Crippen LogP) is 4.10. The Balaban J connectivity index is 1.96. The molecule has 9 heteroatoms. The molecule has 142 valence electrons. The van der Waals surface area contributed by atoms with E-state index in [9.17, 15) is 8.42 Å². The smallest absolute Gasteiger partial charge is 0.241 e. The molecule has 0 spiro atoms. The van der Waals surface area contributed by atoms with Gasteiger partial charge < -0.3 is 0 Å². The van der Waals surface area contributed by atoms with Gasteiger partial charge in [-0.3, -0.25) is 0 Å². The highest BCUT2D eigenvalue weighted by atomic mass is 35.5. The lowest BCUT2D eigenvalue weighted by Gasteiger charge is -2.36. The van der Waals surface area contributed by atoms with Gasteiger partial charge in [0.15, 0.2) is 0 Å². The molecule has 2 aromatic rings. The molecule has 1 N–H and O–H groups in total. The zero-order valence-corrected chi connectivity index (χ0v) is 16.6. The molecule has 1 aromatic carbocycles. The third-order valence-corrected chi connectivity index (χ3v) is 6.87. The summed E-state index contributed by atoms with van der Waals surface area (Å²) in [5.41, 5.74) is -0.682. The van der Waals surface area contributed by atoms with Gasteiger partial charge in [0.05, 0.1) is 22.6 Å². The molecule has 0 saturated heterocycles. The highest BCUT2D eigenvalue weighted by Crippen LogP contribution is 2.33. The molecule has 1 fully saturated rings. The topological polar surface area (TPSA) is 77.5 Å². The van der Waals surface area contributed by atoms with Gasteiger partial charge in [-0.15, -0.1) is 0 Å². The van der Waals surface area contributed by atoms with Gasteiger partial charge in [0.1, 0.15) is 11.8 Å². The number of sulfonamides is 1. The highest BCUT2D eigenvalue weighted by Gasteiger charge is 2.37. The Labute approximate surface area is 162 Å². The summed E-state index contributed by atoms with van der Waals surface area (Å²) in [4.78, 5) is 13.9. The van der Waals surface area contributed by atoms with Crippen LogP contribution in [0, 0.1) is 0 Å². The standard InChI is InChI=1S/C17H20Cl2N2O4S/c1-24-25-11-17(7-3-2-4-8-17)21-26(22,23)12-5-6-13-14(9-12)16(19)20-10-15(13)18/h5-6,9-10,21H,2-4,7-8,11H2,1H3. The molecule has 1 aliphatic carbocycles. The van der Waals surface area contributed by atoms with Crippen LogP contribution in [0.5, 0.6) is 0 Å². The number of aromatic nitrogens is 1. The van der Waals surface area contributed by atoms with E-state index < -0.39 is 15.6 Å². The fourth-order valence-electron chi connectivity index (χ4n) is 3.34. The van der Waals surface area contributed by atoms with Crippen LogP contribution in [0.25, 0.3) is 10.8 Å². The van der Waals surface area contributed by atoms with E-state index in [1.165, 1.54) is 25.4 Å². The molecular weight excluding hydrogens is 399 g/mol. The molecule has 3 rings (SSSR count). The lowest BCUT2D eigenvalue weighted by molar-refractivity contribution is -0.284. The van der Waals surface area contributed by atoms with Gasteiger partial charge in [-0.05, 0) is 25.0 Å². The number of fused-ring (bicyclic) bond motifs is 1. The lowest BCUT2D eigenvalue weighted by Crippen LogP contribution is -2.52. The number of benzene rings is 1. The minimum absolute atomic E-state index is 0.110. The molecular formula is C17H20Cl2N2O4S. The van der Waals surface area contributed by atoms with Crippen LogP contribution in [0.2, 0.25) is 10.2 Å². The van der Waals surface area contributed by atoms with Gasteiger partial charge in [0.25, 0.3) is 0 Å². The number of rotatable bonds is 6. The molecule has 0 atom stereocenters. The summed E-state index contributed by atoms with van der Waals surface area (Å²) in [5.74, 6) is 0. The Kier molecular flexibility index (Phi) is 6.06. The third-order valence-electron chi connectivity index (χ3n) is 4.69. The molecule has 1 saturated carbocycles. The van der Waals surface area contributed by atoms with Gasteiger partial charge in [-0.1, -0.05) is 48.5 Å². The largest absolute Gasteiger partial charge is 0.242 e. The molecule has 1 aliphatic rings. The minimum atomic E-state index is -3.78. The van der Waals surface area contributed by atoms with Gasteiger partial charge in [-0.25, -0.2) is 27.9 Å². The molecule has 0 radical (unpaired) electrons. The zero-order chi connectivity index (χ0) is 18.8. The summed E-state index contributed by atoms with van der Waals surface area (Å²) in [6, 6.07) is 4.64. The van der Waals surface area contributed by atoms with E-state index in [0.717, 1.165) is 19.3 Å². The number of nitrogens with one attached hydrogen (secondary N) is 1. The van der Waals surface area contributed by atoms with Crippen molar-refractivity contribution in [1.29, 1.82) is 0 Å². The predicted molar refractivity (Wildman–Crippen MR) is 101 cm³/mol. The lowest BCUT2D eigenvalue weighted by atomic mass is 9.83. The summed E-state index contributed by atoms with van der Waals surface area (Å²) < 4.78 is 28.8. The van der Waals surface area contributed by atoms with Crippen molar-refractivity contribution in [3.63, 3.8) is 0 Å². The molecule has 0 bridgehead atoms. The zero-order valence-electron chi connectivity index (χ0n) is 14.3. The molecule has 0 amide bonds. The Hall–Kier alpha value is -0.960. The number of hydrogen-bond acceptors (Lipinski definition) is 5. The summed E-state index contributed by atoms with van der Waals surface area (Å²) in [7, 11) is -2.38. The summed E-state index contributed by atoms with van der Waals surface area (Å²) in [5, 5.41) is 1.77. The molecule has 0 aliphatic heterocycles. The fraction of sp³-hybridized carbons (Fsp3) is 0.471. The van der Waals surface area contributed by atoms with E-state index in [-0.39, 0.29) is 16.7 Å². The van der Waals surface area contributed by atoms with Gasteiger partial charge in [0.2, 0.25) is 10.0 Å². The van der Waals surface area contributed by atoms with Crippen LogP contribution in [0.1, 0.15) is 32.1 Å². The fourth-order valence-corrected chi connectivity index (χ4v) is 5.23. The second-order valence-corrected chi connectivity index (χ2v) is 8.93. The van der Waals surface area contributed by atoms with Crippen molar-refractivity contribution >= 4 is 44.0 Å². The summed E-state index contributed by atoms with van der Waals surface area (Å²) in [6.07, 6.45) is 5.76. The summed E-state index contributed by atoms with van der Waals surface area (Å²) in [6.45, 7) is 0.157. The normalized spacial score (nSPS) is 17.5. The molecule has 1 aromatic heterocycles. The Bertz CT molecular complexity index is 899. The van der Waals surface area contributed by atoms with E-state index in [4.69, 9.17) is 33.0 Å². The second-order valence-electron chi connectivity index (χ2n) is 6.48. The molecule has 0 unspecified atom stereocenters. The van der Waals surface area contributed by atoms with Crippen molar-refractivity contribution in [2.45, 2.75) is 42.5 Å². The Morgan fingerprint density at radius 3 is 2.62 bits per heavy atom. The van der Waals surface area contributed by atoms with E-state index in [1.54, 1.807) is 6.07 Å². The third kappa shape index (κ3) is 4.13. The van der Waals surface area contributed by atoms with Crippen LogP contribution in [0.3, 0.4) is 0 Å². The van der Waals surface area contributed by atoms with Crippen molar-refractivity contribution in [1.82, 2.24) is 9.71 Å².